The van der Waals surface area contributed by atoms with E-state index < -0.39 is 0 Å². The molecule has 1 heterocycles. The van der Waals surface area contributed by atoms with Gasteiger partial charge < -0.3 is 15.0 Å². The maximum atomic E-state index is 12.8. The van der Waals surface area contributed by atoms with Crippen molar-refractivity contribution in [2.24, 2.45) is 5.92 Å². The minimum Gasteiger partial charge on any atom is -0.457 e. The van der Waals surface area contributed by atoms with Crippen LogP contribution in [-0.4, -0.2) is 18.4 Å². The van der Waals surface area contributed by atoms with Crippen LogP contribution >= 0.6 is 0 Å². The van der Waals surface area contributed by atoms with Crippen molar-refractivity contribution in [3.8, 4) is 11.5 Å². The highest BCUT2D eigenvalue weighted by molar-refractivity contribution is 6.03. The fourth-order valence-corrected chi connectivity index (χ4v) is 3.82. The second-order valence-corrected chi connectivity index (χ2v) is 8.12. The highest BCUT2D eigenvalue weighted by Gasteiger charge is 2.35. The van der Waals surface area contributed by atoms with E-state index in [0.29, 0.717) is 18.0 Å². The Balaban J connectivity index is 1.38. The molecule has 1 N–H and O–H groups in total. The molecule has 1 atom stereocenters. The Kier molecular flexibility index (Phi) is 5.76. The molecule has 0 unspecified atom stereocenters. The number of aryl methyl sites for hydroxylation is 3. The molecule has 31 heavy (non-hydrogen) atoms. The molecular formula is C26H26N2O3. The zero-order chi connectivity index (χ0) is 22.0. The van der Waals surface area contributed by atoms with Crippen molar-refractivity contribution < 1.29 is 14.3 Å². The Morgan fingerprint density at radius 2 is 1.52 bits per heavy atom. The van der Waals surface area contributed by atoms with Crippen LogP contribution in [0.25, 0.3) is 0 Å². The number of amides is 2. The van der Waals surface area contributed by atoms with Gasteiger partial charge in [0.05, 0.1) is 5.92 Å². The third-order valence-electron chi connectivity index (χ3n) is 5.52. The third kappa shape index (κ3) is 4.77. The van der Waals surface area contributed by atoms with Gasteiger partial charge in [-0.2, -0.15) is 0 Å². The van der Waals surface area contributed by atoms with Crippen LogP contribution in [0.4, 0.5) is 11.4 Å². The first kappa shape index (κ1) is 20.7. The number of carbonyl (C=O) groups is 2. The zero-order valence-electron chi connectivity index (χ0n) is 18.0. The summed E-state index contributed by atoms with van der Waals surface area (Å²) in [4.78, 5) is 27.0. The number of rotatable bonds is 5. The zero-order valence-corrected chi connectivity index (χ0v) is 18.0. The molecular weight excluding hydrogens is 388 g/mol. The van der Waals surface area contributed by atoms with Crippen LogP contribution in [0.15, 0.2) is 66.7 Å². The number of carbonyl (C=O) groups excluding carboxylic acids is 2. The van der Waals surface area contributed by atoms with Crippen molar-refractivity contribution in [1.29, 1.82) is 0 Å². The van der Waals surface area contributed by atoms with Gasteiger partial charge in [-0.1, -0.05) is 35.4 Å². The van der Waals surface area contributed by atoms with E-state index in [9.17, 15) is 9.59 Å². The van der Waals surface area contributed by atoms with Crippen molar-refractivity contribution in [2.45, 2.75) is 27.2 Å². The number of nitrogens with zero attached hydrogens (tertiary/aromatic N) is 1. The van der Waals surface area contributed by atoms with Gasteiger partial charge in [0.1, 0.15) is 11.5 Å². The molecule has 5 nitrogen and oxygen atoms in total. The molecule has 158 valence electrons. The molecule has 3 aromatic carbocycles. The maximum absolute atomic E-state index is 12.8. The van der Waals surface area contributed by atoms with Crippen LogP contribution in [0, 0.1) is 26.7 Å². The molecule has 0 spiro atoms. The second kappa shape index (κ2) is 8.64. The molecule has 0 bridgehead atoms. The number of nitrogens with one attached hydrogen (secondary N) is 1. The average Bonchev–Trinajstić information content (AvgIpc) is 3.13. The van der Waals surface area contributed by atoms with E-state index in [0.717, 1.165) is 22.6 Å². The van der Waals surface area contributed by atoms with Gasteiger partial charge in [-0.15, -0.1) is 0 Å². The van der Waals surface area contributed by atoms with Crippen molar-refractivity contribution >= 4 is 23.2 Å². The van der Waals surface area contributed by atoms with Gasteiger partial charge >= 0.3 is 0 Å². The monoisotopic (exact) mass is 414 g/mol. The SMILES string of the molecule is Cc1ccc(Oc2ccc(NC(=O)[C@H]3CC(=O)N(c4ccc(C)cc4C)C3)cc2)cc1. The van der Waals surface area contributed by atoms with Gasteiger partial charge in [-0.3, -0.25) is 9.59 Å². The van der Waals surface area contributed by atoms with Crippen molar-refractivity contribution in [3.63, 3.8) is 0 Å². The van der Waals surface area contributed by atoms with Crippen molar-refractivity contribution in [2.75, 3.05) is 16.8 Å². The molecule has 4 rings (SSSR count). The summed E-state index contributed by atoms with van der Waals surface area (Å²) >= 11 is 0. The predicted octanol–water partition coefficient (Wildman–Crippen LogP) is 5.40. The molecule has 1 saturated heterocycles. The fourth-order valence-electron chi connectivity index (χ4n) is 3.82. The number of ether oxygens (including phenoxy) is 1. The quantitative estimate of drug-likeness (QED) is 0.608. The summed E-state index contributed by atoms with van der Waals surface area (Å²) in [6.07, 6.45) is 0.216. The summed E-state index contributed by atoms with van der Waals surface area (Å²) < 4.78 is 5.83. The molecule has 1 fully saturated rings. The standard InChI is InChI=1S/C26H26N2O3/c1-17-4-9-22(10-5-17)31-23-11-7-21(8-12-23)27-26(30)20-15-25(29)28(16-20)24-13-6-18(2)14-19(24)3/h4-14,20H,15-16H2,1-3H3,(H,27,30)/t20-/m0/s1. The summed E-state index contributed by atoms with van der Waals surface area (Å²) in [6, 6.07) is 21.1. The van der Waals surface area contributed by atoms with Crippen LogP contribution in [-0.2, 0) is 9.59 Å². The maximum Gasteiger partial charge on any atom is 0.229 e. The molecule has 0 saturated carbocycles. The normalized spacial score (nSPS) is 15.8. The smallest absolute Gasteiger partial charge is 0.229 e. The third-order valence-corrected chi connectivity index (χ3v) is 5.52. The van der Waals surface area contributed by atoms with Crippen molar-refractivity contribution in [3.05, 3.63) is 83.4 Å². The number of anilines is 2. The summed E-state index contributed by atoms with van der Waals surface area (Å²) in [5.74, 6) is 0.913. The fraction of sp³-hybridized carbons (Fsp3) is 0.231. The Morgan fingerprint density at radius 3 is 2.16 bits per heavy atom. The van der Waals surface area contributed by atoms with Crippen LogP contribution in [0.1, 0.15) is 23.1 Å². The van der Waals surface area contributed by atoms with Gasteiger partial charge in [-0.05, 0) is 68.8 Å². The molecule has 5 heteroatoms. The van der Waals surface area contributed by atoms with Gasteiger partial charge in [0.25, 0.3) is 0 Å². The topological polar surface area (TPSA) is 58.6 Å². The van der Waals surface area contributed by atoms with Crippen LogP contribution in [0.5, 0.6) is 11.5 Å². The van der Waals surface area contributed by atoms with E-state index in [1.54, 1.807) is 17.0 Å². The van der Waals surface area contributed by atoms with Gasteiger partial charge in [0.15, 0.2) is 0 Å². The Bertz CT molecular complexity index is 1100. The lowest BCUT2D eigenvalue weighted by atomic mass is 10.1. The van der Waals surface area contributed by atoms with E-state index in [4.69, 9.17) is 4.74 Å². The summed E-state index contributed by atoms with van der Waals surface area (Å²) in [7, 11) is 0. The summed E-state index contributed by atoms with van der Waals surface area (Å²) in [5.41, 5.74) is 4.92. The molecule has 3 aromatic rings. The lowest BCUT2D eigenvalue weighted by Gasteiger charge is -2.19. The minimum atomic E-state index is -0.378. The van der Waals surface area contributed by atoms with E-state index in [-0.39, 0.29) is 24.2 Å². The summed E-state index contributed by atoms with van der Waals surface area (Å²) in [5, 5.41) is 2.93. The molecule has 2 amide bonds. The molecule has 0 aromatic heterocycles. The number of hydrogen-bond acceptors (Lipinski definition) is 3. The minimum absolute atomic E-state index is 0.0195. The highest BCUT2D eigenvalue weighted by Crippen LogP contribution is 2.29. The molecule has 1 aliphatic rings. The number of benzene rings is 3. The second-order valence-electron chi connectivity index (χ2n) is 8.12. The molecule has 0 aliphatic carbocycles. The van der Waals surface area contributed by atoms with Gasteiger partial charge in [0.2, 0.25) is 11.8 Å². The Labute approximate surface area is 182 Å². The van der Waals surface area contributed by atoms with E-state index in [1.807, 2.05) is 69.3 Å². The summed E-state index contributed by atoms with van der Waals surface area (Å²) in [6.45, 7) is 6.43. The van der Waals surface area contributed by atoms with E-state index >= 15 is 0 Å². The largest absolute Gasteiger partial charge is 0.457 e. The first-order valence-electron chi connectivity index (χ1n) is 10.4. The molecule has 1 aliphatic heterocycles. The van der Waals surface area contributed by atoms with Crippen molar-refractivity contribution in [1.82, 2.24) is 0 Å². The van der Waals surface area contributed by atoms with Crippen LogP contribution < -0.4 is 15.0 Å². The predicted molar refractivity (Wildman–Crippen MR) is 123 cm³/mol. The first-order chi connectivity index (χ1) is 14.9. The highest BCUT2D eigenvalue weighted by atomic mass is 16.5. The molecule has 0 radical (unpaired) electrons. The van der Waals surface area contributed by atoms with E-state index in [1.165, 1.54) is 5.56 Å². The number of hydrogen-bond donors (Lipinski definition) is 1. The first-order valence-corrected chi connectivity index (χ1v) is 10.4. The van der Waals surface area contributed by atoms with Gasteiger partial charge in [-0.25, -0.2) is 0 Å². The lowest BCUT2D eigenvalue weighted by Crippen LogP contribution is -2.28. The van der Waals surface area contributed by atoms with E-state index in [2.05, 4.69) is 11.4 Å². The average molecular weight is 415 g/mol. The van der Waals surface area contributed by atoms with Gasteiger partial charge in [0, 0.05) is 24.3 Å². The lowest BCUT2D eigenvalue weighted by molar-refractivity contribution is -0.122. The van der Waals surface area contributed by atoms with Crippen LogP contribution in [0.2, 0.25) is 0 Å². The Morgan fingerprint density at radius 1 is 0.903 bits per heavy atom. The Hall–Kier alpha value is -3.60. The van der Waals surface area contributed by atoms with Crippen LogP contribution in [0.3, 0.4) is 0 Å².